The number of aromatic amines is 1. The van der Waals surface area contributed by atoms with Crippen molar-refractivity contribution in [1.82, 2.24) is 15.1 Å². The Bertz CT molecular complexity index is 1120. The van der Waals surface area contributed by atoms with Crippen LogP contribution in [0.25, 0.3) is 11.3 Å². The number of aryl methyl sites for hydroxylation is 1. The molecule has 1 saturated heterocycles. The third-order valence-electron chi connectivity index (χ3n) is 6.55. The smallest absolute Gasteiger partial charge is 0.273 e. The normalized spacial score (nSPS) is 19.8. The molecule has 1 N–H and O–H groups in total. The highest BCUT2D eigenvalue weighted by Crippen LogP contribution is 2.43. The van der Waals surface area contributed by atoms with Crippen LogP contribution in [0.5, 0.6) is 5.75 Å². The van der Waals surface area contributed by atoms with E-state index in [1.807, 2.05) is 17.0 Å². The van der Waals surface area contributed by atoms with Gasteiger partial charge in [-0.1, -0.05) is 55.3 Å². The van der Waals surface area contributed by atoms with Gasteiger partial charge in [0.2, 0.25) is 0 Å². The SMILES string of the molecule is CCCCOc1cccc(C2c3c(-c4ccc(C)cc4)n[nH]c3C(=O)N2CC2CCCO2)c1. The molecule has 3 aromatic rings. The van der Waals surface area contributed by atoms with Gasteiger partial charge in [-0.15, -0.1) is 0 Å². The summed E-state index contributed by atoms with van der Waals surface area (Å²) in [5.41, 5.74) is 5.57. The molecule has 6 nitrogen and oxygen atoms in total. The molecular formula is C27H31N3O3. The lowest BCUT2D eigenvalue weighted by Crippen LogP contribution is -2.36. The average Bonchev–Trinajstić information content (AvgIpc) is 3.55. The molecule has 2 aliphatic rings. The fraction of sp³-hybridized carbons (Fsp3) is 0.407. The summed E-state index contributed by atoms with van der Waals surface area (Å²) >= 11 is 0. The van der Waals surface area contributed by atoms with Gasteiger partial charge in [-0.25, -0.2) is 0 Å². The van der Waals surface area contributed by atoms with E-state index in [0.29, 0.717) is 18.8 Å². The first-order chi connectivity index (χ1) is 16.2. The molecule has 0 spiro atoms. The summed E-state index contributed by atoms with van der Waals surface area (Å²) in [5.74, 6) is 0.813. The van der Waals surface area contributed by atoms with Gasteiger partial charge in [0.05, 0.1) is 24.4 Å². The summed E-state index contributed by atoms with van der Waals surface area (Å²) in [6, 6.07) is 16.2. The van der Waals surface area contributed by atoms with E-state index >= 15 is 0 Å². The van der Waals surface area contributed by atoms with E-state index in [-0.39, 0.29) is 18.1 Å². The largest absolute Gasteiger partial charge is 0.494 e. The lowest BCUT2D eigenvalue weighted by molar-refractivity contribution is 0.0495. The van der Waals surface area contributed by atoms with Gasteiger partial charge in [-0.3, -0.25) is 9.89 Å². The fourth-order valence-electron chi connectivity index (χ4n) is 4.78. The van der Waals surface area contributed by atoms with Crippen molar-refractivity contribution in [1.29, 1.82) is 0 Å². The fourth-order valence-corrected chi connectivity index (χ4v) is 4.78. The predicted octanol–water partition coefficient (Wildman–Crippen LogP) is 5.29. The maximum atomic E-state index is 13.5. The molecular weight excluding hydrogens is 414 g/mol. The number of ether oxygens (including phenoxy) is 2. The van der Waals surface area contributed by atoms with E-state index in [2.05, 4.69) is 60.4 Å². The van der Waals surface area contributed by atoms with E-state index in [1.54, 1.807) is 0 Å². The number of unbranched alkanes of at least 4 members (excludes halogenated alkanes) is 1. The van der Waals surface area contributed by atoms with Gasteiger partial charge >= 0.3 is 0 Å². The Morgan fingerprint density at radius 1 is 1.21 bits per heavy atom. The van der Waals surface area contributed by atoms with Crippen molar-refractivity contribution in [3.05, 3.63) is 70.9 Å². The maximum Gasteiger partial charge on any atom is 0.273 e. The van der Waals surface area contributed by atoms with Gasteiger partial charge in [-0.2, -0.15) is 5.10 Å². The minimum atomic E-state index is -0.235. The van der Waals surface area contributed by atoms with Gasteiger partial charge in [0, 0.05) is 24.3 Å². The lowest BCUT2D eigenvalue weighted by atomic mass is 9.95. The molecule has 1 aromatic heterocycles. The third-order valence-corrected chi connectivity index (χ3v) is 6.55. The van der Waals surface area contributed by atoms with E-state index in [1.165, 1.54) is 5.56 Å². The summed E-state index contributed by atoms with van der Waals surface area (Å²) in [5, 5.41) is 7.63. The van der Waals surface area contributed by atoms with Gasteiger partial charge in [0.25, 0.3) is 5.91 Å². The number of nitrogens with one attached hydrogen (secondary N) is 1. The number of carbonyl (C=O) groups excluding carboxylic acids is 1. The van der Waals surface area contributed by atoms with Crippen LogP contribution in [0.4, 0.5) is 0 Å². The number of hydrogen-bond acceptors (Lipinski definition) is 4. The number of aromatic nitrogens is 2. The van der Waals surface area contributed by atoms with Gasteiger partial charge < -0.3 is 14.4 Å². The first-order valence-electron chi connectivity index (χ1n) is 12.0. The van der Waals surface area contributed by atoms with E-state index in [0.717, 1.165) is 60.4 Å². The van der Waals surface area contributed by atoms with Crippen LogP contribution in [0.15, 0.2) is 48.5 Å². The lowest BCUT2D eigenvalue weighted by Gasteiger charge is -2.28. The van der Waals surface area contributed by atoms with Crippen LogP contribution < -0.4 is 4.74 Å². The van der Waals surface area contributed by atoms with E-state index in [9.17, 15) is 4.79 Å². The Kier molecular flexibility index (Phi) is 6.18. The van der Waals surface area contributed by atoms with Gasteiger partial charge in [-0.05, 0) is 43.9 Å². The van der Waals surface area contributed by atoms with Crippen LogP contribution in [-0.4, -0.2) is 46.9 Å². The number of rotatable bonds is 8. The predicted molar refractivity (Wildman–Crippen MR) is 127 cm³/mol. The van der Waals surface area contributed by atoms with Crippen molar-refractivity contribution in [3.8, 4) is 17.0 Å². The number of carbonyl (C=O) groups is 1. The minimum absolute atomic E-state index is 0.0198. The molecule has 0 aliphatic carbocycles. The van der Waals surface area contributed by atoms with Crippen molar-refractivity contribution >= 4 is 5.91 Å². The summed E-state index contributed by atoms with van der Waals surface area (Å²) in [6.45, 7) is 6.24. The summed E-state index contributed by atoms with van der Waals surface area (Å²) in [6.07, 6.45) is 4.19. The molecule has 2 atom stereocenters. The number of nitrogens with zero attached hydrogens (tertiary/aromatic N) is 2. The van der Waals surface area contributed by atoms with Crippen LogP contribution in [-0.2, 0) is 4.74 Å². The molecule has 1 amide bonds. The minimum Gasteiger partial charge on any atom is -0.494 e. The van der Waals surface area contributed by atoms with Crippen LogP contribution in [0.2, 0.25) is 0 Å². The highest BCUT2D eigenvalue weighted by Gasteiger charge is 2.43. The number of H-pyrrole nitrogens is 1. The molecule has 172 valence electrons. The van der Waals surface area contributed by atoms with E-state index < -0.39 is 0 Å². The molecule has 0 radical (unpaired) electrons. The Hall–Kier alpha value is -3.12. The molecule has 0 saturated carbocycles. The second-order valence-electron chi connectivity index (χ2n) is 9.00. The quantitative estimate of drug-likeness (QED) is 0.479. The molecule has 2 unspecified atom stereocenters. The van der Waals surface area contributed by atoms with Crippen molar-refractivity contribution in [2.75, 3.05) is 19.8 Å². The first-order valence-corrected chi connectivity index (χ1v) is 12.0. The molecule has 0 bridgehead atoms. The highest BCUT2D eigenvalue weighted by atomic mass is 16.5. The molecule has 2 aromatic carbocycles. The van der Waals surface area contributed by atoms with Crippen LogP contribution in [0.3, 0.4) is 0 Å². The zero-order valence-corrected chi connectivity index (χ0v) is 19.3. The van der Waals surface area contributed by atoms with Gasteiger partial charge in [0.15, 0.2) is 0 Å². The van der Waals surface area contributed by atoms with Crippen molar-refractivity contribution in [2.45, 2.75) is 51.7 Å². The molecule has 5 rings (SSSR count). The number of benzene rings is 2. The number of hydrogen-bond donors (Lipinski definition) is 1. The Labute approximate surface area is 194 Å². The molecule has 33 heavy (non-hydrogen) atoms. The summed E-state index contributed by atoms with van der Waals surface area (Å²) in [7, 11) is 0. The van der Waals surface area contributed by atoms with Crippen LogP contribution >= 0.6 is 0 Å². The third kappa shape index (κ3) is 4.27. The average molecular weight is 446 g/mol. The van der Waals surface area contributed by atoms with E-state index in [4.69, 9.17) is 9.47 Å². The van der Waals surface area contributed by atoms with Crippen molar-refractivity contribution in [3.63, 3.8) is 0 Å². The standard InChI is InChI=1S/C27H31N3O3/c1-3-4-14-32-21-8-5-7-20(16-21)26-23-24(19-12-10-18(2)11-13-19)28-29-25(23)27(31)30(26)17-22-9-6-15-33-22/h5,7-8,10-13,16,22,26H,3-4,6,9,14-15,17H2,1-2H3,(H,28,29). The van der Waals surface area contributed by atoms with Crippen LogP contribution in [0, 0.1) is 6.92 Å². The molecule has 2 aliphatic heterocycles. The zero-order chi connectivity index (χ0) is 22.8. The van der Waals surface area contributed by atoms with Gasteiger partial charge in [0.1, 0.15) is 11.4 Å². The first kappa shape index (κ1) is 21.7. The number of amides is 1. The number of fused-ring (bicyclic) bond motifs is 1. The zero-order valence-electron chi connectivity index (χ0n) is 19.3. The maximum absolute atomic E-state index is 13.5. The van der Waals surface area contributed by atoms with Crippen molar-refractivity contribution < 1.29 is 14.3 Å². The molecule has 6 heteroatoms. The second-order valence-corrected chi connectivity index (χ2v) is 9.00. The summed E-state index contributed by atoms with van der Waals surface area (Å²) in [4.78, 5) is 15.5. The Balaban J connectivity index is 1.55. The summed E-state index contributed by atoms with van der Waals surface area (Å²) < 4.78 is 11.9. The Morgan fingerprint density at radius 3 is 2.82 bits per heavy atom. The molecule has 3 heterocycles. The van der Waals surface area contributed by atoms with Crippen molar-refractivity contribution in [2.24, 2.45) is 0 Å². The molecule has 1 fully saturated rings. The second kappa shape index (κ2) is 9.40. The highest BCUT2D eigenvalue weighted by molar-refractivity contribution is 6.00. The topological polar surface area (TPSA) is 67.5 Å². The monoisotopic (exact) mass is 445 g/mol. The Morgan fingerprint density at radius 2 is 2.06 bits per heavy atom. The van der Waals surface area contributed by atoms with Crippen LogP contribution in [0.1, 0.15) is 65.8 Å².